The first-order valence-corrected chi connectivity index (χ1v) is 5.72. The number of rotatable bonds is 5. The quantitative estimate of drug-likeness (QED) is 0.800. The maximum Gasteiger partial charge on any atom is 0.306 e. The van der Waals surface area contributed by atoms with E-state index < -0.39 is 5.97 Å². The van der Waals surface area contributed by atoms with E-state index in [1.165, 1.54) is 0 Å². The van der Waals surface area contributed by atoms with E-state index in [1.54, 1.807) is 12.5 Å². The second-order valence-corrected chi connectivity index (χ2v) is 4.40. The van der Waals surface area contributed by atoms with E-state index >= 15 is 0 Å². The van der Waals surface area contributed by atoms with Crippen LogP contribution >= 0.6 is 0 Å². The predicted octanol–water partition coefficient (Wildman–Crippen LogP) is 1.87. The largest absolute Gasteiger partial charge is 0.481 e. The highest BCUT2D eigenvalue weighted by molar-refractivity contribution is 5.70. The smallest absolute Gasteiger partial charge is 0.306 e. The molecule has 2 rings (SSSR count). The van der Waals surface area contributed by atoms with Gasteiger partial charge in [0.2, 0.25) is 0 Å². The van der Waals surface area contributed by atoms with E-state index in [0.717, 1.165) is 37.9 Å². The number of hydrogen-bond acceptors (Lipinski definition) is 3. The van der Waals surface area contributed by atoms with E-state index in [2.05, 4.69) is 5.32 Å². The number of carboxylic acids is 1. The highest BCUT2D eigenvalue weighted by atomic mass is 16.4. The van der Waals surface area contributed by atoms with Gasteiger partial charge >= 0.3 is 5.97 Å². The molecule has 16 heavy (non-hydrogen) atoms. The van der Waals surface area contributed by atoms with Crippen LogP contribution in [-0.2, 0) is 11.3 Å². The summed E-state index contributed by atoms with van der Waals surface area (Å²) >= 11 is 0. The number of carbonyl (C=O) groups is 1. The molecule has 1 fully saturated rings. The van der Waals surface area contributed by atoms with Crippen LogP contribution in [0.4, 0.5) is 0 Å². The summed E-state index contributed by atoms with van der Waals surface area (Å²) in [4.78, 5) is 11.0. The van der Waals surface area contributed by atoms with Gasteiger partial charge in [-0.2, -0.15) is 0 Å². The van der Waals surface area contributed by atoms with Crippen molar-refractivity contribution in [2.45, 2.75) is 25.8 Å². The van der Waals surface area contributed by atoms with Gasteiger partial charge in [-0.1, -0.05) is 6.42 Å². The van der Waals surface area contributed by atoms with Crippen molar-refractivity contribution in [2.75, 3.05) is 6.54 Å². The van der Waals surface area contributed by atoms with Gasteiger partial charge < -0.3 is 14.8 Å². The third-order valence-corrected chi connectivity index (χ3v) is 3.29. The molecular weight excluding hydrogens is 206 g/mol. The molecular formula is C12H17NO3. The van der Waals surface area contributed by atoms with Crippen molar-refractivity contribution in [3.05, 3.63) is 24.2 Å². The highest BCUT2D eigenvalue weighted by Crippen LogP contribution is 2.31. The molecule has 2 N–H and O–H groups in total. The molecule has 1 heterocycles. The molecule has 0 amide bonds. The lowest BCUT2D eigenvalue weighted by Crippen LogP contribution is -2.28. The van der Waals surface area contributed by atoms with Crippen LogP contribution in [0.1, 0.15) is 24.8 Å². The Morgan fingerprint density at radius 1 is 1.56 bits per heavy atom. The van der Waals surface area contributed by atoms with Crippen molar-refractivity contribution in [2.24, 2.45) is 11.8 Å². The SMILES string of the molecule is O=C(O)C1CCCC1CNCc1ccoc1. The zero-order valence-corrected chi connectivity index (χ0v) is 9.19. The summed E-state index contributed by atoms with van der Waals surface area (Å²) < 4.78 is 4.96. The van der Waals surface area contributed by atoms with Crippen molar-refractivity contribution < 1.29 is 14.3 Å². The molecule has 0 saturated heterocycles. The lowest BCUT2D eigenvalue weighted by Gasteiger charge is -2.15. The Bertz CT molecular complexity index is 334. The number of aliphatic carboxylic acids is 1. The first-order valence-electron chi connectivity index (χ1n) is 5.72. The van der Waals surface area contributed by atoms with Crippen LogP contribution in [0.15, 0.2) is 23.0 Å². The fraction of sp³-hybridized carbons (Fsp3) is 0.583. The van der Waals surface area contributed by atoms with E-state index in [9.17, 15) is 4.79 Å². The lowest BCUT2D eigenvalue weighted by molar-refractivity contribution is -0.142. The Morgan fingerprint density at radius 3 is 3.12 bits per heavy atom. The Hall–Kier alpha value is -1.29. The van der Waals surface area contributed by atoms with Crippen molar-refractivity contribution in [3.63, 3.8) is 0 Å². The summed E-state index contributed by atoms with van der Waals surface area (Å²) in [7, 11) is 0. The summed E-state index contributed by atoms with van der Waals surface area (Å²) in [6.45, 7) is 1.53. The van der Waals surface area contributed by atoms with Crippen LogP contribution in [0.2, 0.25) is 0 Å². The van der Waals surface area contributed by atoms with Crippen LogP contribution in [0.25, 0.3) is 0 Å². The van der Waals surface area contributed by atoms with Gasteiger partial charge in [-0.15, -0.1) is 0 Å². The number of nitrogens with one attached hydrogen (secondary N) is 1. The molecule has 1 aromatic rings. The minimum absolute atomic E-state index is 0.156. The summed E-state index contributed by atoms with van der Waals surface area (Å²) in [5, 5.41) is 12.3. The van der Waals surface area contributed by atoms with Gasteiger partial charge in [-0.25, -0.2) is 0 Å². The highest BCUT2D eigenvalue weighted by Gasteiger charge is 2.32. The third-order valence-electron chi connectivity index (χ3n) is 3.29. The van der Waals surface area contributed by atoms with Gasteiger partial charge in [0.1, 0.15) is 0 Å². The molecule has 4 nitrogen and oxygen atoms in total. The van der Waals surface area contributed by atoms with Crippen molar-refractivity contribution in [1.82, 2.24) is 5.32 Å². The van der Waals surface area contributed by atoms with Crippen LogP contribution in [-0.4, -0.2) is 17.6 Å². The average Bonchev–Trinajstić information content (AvgIpc) is 2.87. The molecule has 0 aliphatic heterocycles. The van der Waals surface area contributed by atoms with Crippen molar-refractivity contribution >= 4 is 5.97 Å². The molecule has 2 unspecified atom stereocenters. The van der Waals surface area contributed by atoms with E-state index in [-0.39, 0.29) is 11.8 Å². The van der Waals surface area contributed by atoms with Crippen molar-refractivity contribution in [3.8, 4) is 0 Å². The Kier molecular flexibility index (Phi) is 3.62. The van der Waals surface area contributed by atoms with Crippen LogP contribution in [0.3, 0.4) is 0 Å². The van der Waals surface area contributed by atoms with Crippen LogP contribution in [0.5, 0.6) is 0 Å². The minimum Gasteiger partial charge on any atom is -0.481 e. The van der Waals surface area contributed by atoms with Gasteiger partial charge in [-0.05, 0) is 31.4 Å². The number of carboxylic acid groups (broad SMARTS) is 1. The standard InChI is InChI=1S/C12H17NO3/c14-12(15)11-3-1-2-10(11)7-13-6-9-4-5-16-8-9/h4-5,8,10-11,13H,1-3,6-7H2,(H,14,15). The van der Waals surface area contributed by atoms with Crippen LogP contribution in [0, 0.1) is 11.8 Å². The molecule has 4 heteroatoms. The molecule has 1 aliphatic carbocycles. The Labute approximate surface area is 94.6 Å². The second-order valence-electron chi connectivity index (χ2n) is 4.40. The van der Waals surface area contributed by atoms with E-state index in [4.69, 9.17) is 9.52 Å². The molecule has 0 radical (unpaired) electrons. The fourth-order valence-corrected chi connectivity index (χ4v) is 2.40. The molecule has 2 atom stereocenters. The first kappa shape index (κ1) is 11.2. The normalized spacial score (nSPS) is 24.8. The Balaban J connectivity index is 1.75. The molecule has 0 aromatic carbocycles. The third kappa shape index (κ3) is 2.64. The summed E-state index contributed by atoms with van der Waals surface area (Å²) in [6, 6.07) is 1.91. The first-order chi connectivity index (χ1) is 7.77. The summed E-state index contributed by atoms with van der Waals surface area (Å²) in [5.41, 5.74) is 1.10. The van der Waals surface area contributed by atoms with Crippen molar-refractivity contribution in [1.29, 1.82) is 0 Å². The van der Waals surface area contributed by atoms with Gasteiger partial charge in [-0.3, -0.25) is 4.79 Å². The van der Waals surface area contributed by atoms with Gasteiger partial charge in [0.05, 0.1) is 18.4 Å². The zero-order valence-electron chi connectivity index (χ0n) is 9.19. The summed E-state index contributed by atoms with van der Waals surface area (Å²) in [5.74, 6) is -0.520. The van der Waals surface area contributed by atoms with E-state index in [0.29, 0.717) is 0 Å². The van der Waals surface area contributed by atoms with Gasteiger partial charge in [0.25, 0.3) is 0 Å². The van der Waals surface area contributed by atoms with Gasteiger partial charge in [0, 0.05) is 12.1 Å². The zero-order chi connectivity index (χ0) is 11.4. The molecule has 88 valence electrons. The maximum atomic E-state index is 11.0. The monoisotopic (exact) mass is 223 g/mol. The number of furan rings is 1. The molecule has 0 spiro atoms. The summed E-state index contributed by atoms with van der Waals surface area (Å²) in [6.07, 6.45) is 6.24. The molecule has 1 aromatic heterocycles. The molecule has 1 aliphatic rings. The second kappa shape index (κ2) is 5.16. The Morgan fingerprint density at radius 2 is 2.44 bits per heavy atom. The topological polar surface area (TPSA) is 62.5 Å². The lowest BCUT2D eigenvalue weighted by atomic mass is 9.96. The average molecular weight is 223 g/mol. The number of hydrogen-bond donors (Lipinski definition) is 2. The molecule has 0 bridgehead atoms. The van der Waals surface area contributed by atoms with Gasteiger partial charge in [0.15, 0.2) is 0 Å². The predicted molar refractivity (Wildman–Crippen MR) is 58.9 cm³/mol. The van der Waals surface area contributed by atoms with Crippen LogP contribution < -0.4 is 5.32 Å². The minimum atomic E-state index is -0.646. The van der Waals surface area contributed by atoms with E-state index in [1.807, 2.05) is 6.07 Å². The maximum absolute atomic E-state index is 11.0. The molecule has 1 saturated carbocycles. The fourth-order valence-electron chi connectivity index (χ4n) is 2.40.